The third-order valence-corrected chi connectivity index (χ3v) is 3.93. The Balaban J connectivity index is 2.33. The van der Waals surface area contributed by atoms with Crippen LogP contribution in [-0.4, -0.2) is 55.0 Å². The molecule has 0 saturated carbocycles. The van der Waals surface area contributed by atoms with Gasteiger partial charge in [-0.25, -0.2) is 0 Å². The first-order valence-electron chi connectivity index (χ1n) is 6.86. The van der Waals surface area contributed by atoms with Gasteiger partial charge in [-0.05, 0) is 39.5 Å². The van der Waals surface area contributed by atoms with Crippen LogP contribution < -0.4 is 5.32 Å². The Morgan fingerprint density at radius 3 is 2.90 bits per heavy atom. The van der Waals surface area contributed by atoms with Gasteiger partial charge >= 0.3 is 0 Å². The van der Waals surface area contributed by atoms with Gasteiger partial charge in [0, 0.05) is 19.1 Å². The molecule has 0 bridgehead atoms. The molecule has 1 aliphatic heterocycles. The summed E-state index contributed by atoms with van der Waals surface area (Å²) in [5.41, 5.74) is 0. The topological polar surface area (TPSA) is 67.6 Å². The minimum Gasteiger partial charge on any atom is -0.378 e. The van der Waals surface area contributed by atoms with Crippen LogP contribution in [0.1, 0.15) is 20.3 Å². The average molecular weight is 303 g/mol. The second-order valence-corrected chi connectivity index (χ2v) is 6.34. The van der Waals surface area contributed by atoms with E-state index < -0.39 is 4.92 Å². The van der Waals surface area contributed by atoms with Gasteiger partial charge < -0.3 is 15.0 Å². The van der Waals surface area contributed by atoms with Crippen molar-refractivity contribution in [1.82, 2.24) is 10.2 Å². The van der Waals surface area contributed by atoms with Crippen LogP contribution in [0.2, 0.25) is 0 Å². The fraction of sp³-hybridized carbons (Fsp3) is 0.846. The molecule has 0 spiro atoms. The Morgan fingerprint density at radius 2 is 2.40 bits per heavy atom. The van der Waals surface area contributed by atoms with Gasteiger partial charge in [0.25, 0.3) is 6.20 Å². The largest absolute Gasteiger partial charge is 0.378 e. The zero-order chi connectivity index (χ0) is 15.1. The second kappa shape index (κ2) is 8.49. The minimum absolute atomic E-state index is 0.165. The van der Waals surface area contributed by atoms with E-state index in [0.717, 1.165) is 32.3 Å². The van der Waals surface area contributed by atoms with E-state index in [4.69, 9.17) is 4.74 Å². The molecule has 3 unspecified atom stereocenters. The molecule has 1 rings (SSSR count). The molecule has 0 amide bonds. The van der Waals surface area contributed by atoms with Gasteiger partial charge in [-0.2, -0.15) is 0 Å². The number of hydrogen-bond acceptors (Lipinski definition) is 6. The predicted octanol–water partition coefficient (Wildman–Crippen LogP) is 1.76. The summed E-state index contributed by atoms with van der Waals surface area (Å²) in [5, 5.41) is 14.2. The maximum atomic E-state index is 10.5. The predicted molar refractivity (Wildman–Crippen MR) is 82.2 cm³/mol. The second-order valence-electron chi connectivity index (χ2n) is 5.50. The fourth-order valence-corrected chi connectivity index (χ4v) is 3.06. The number of likely N-dealkylation sites (N-methyl/N-ethyl adjacent to an activating group) is 1. The lowest BCUT2D eigenvalue weighted by Crippen LogP contribution is -2.38. The monoisotopic (exact) mass is 303 g/mol. The Hall–Kier alpha value is -0.790. The molecule has 0 aromatic rings. The van der Waals surface area contributed by atoms with Gasteiger partial charge in [-0.3, -0.25) is 10.1 Å². The van der Waals surface area contributed by atoms with Gasteiger partial charge in [-0.1, -0.05) is 0 Å². The Morgan fingerprint density at radius 1 is 1.70 bits per heavy atom. The average Bonchev–Trinajstić information content (AvgIpc) is 2.72. The van der Waals surface area contributed by atoms with Crippen LogP contribution in [0.15, 0.2) is 11.2 Å². The van der Waals surface area contributed by atoms with E-state index in [0.29, 0.717) is 17.1 Å². The molecule has 1 fully saturated rings. The van der Waals surface area contributed by atoms with Crippen molar-refractivity contribution in [2.75, 3.05) is 33.0 Å². The van der Waals surface area contributed by atoms with Crippen LogP contribution in [0.3, 0.4) is 0 Å². The van der Waals surface area contributed by atoms with E-state index in [1.165, 1.54) is 11.8 Å². The summed E-state index contributed by atoms with van der Waals surface area (Å²) in [7, 11) is 2.08. The van der Waals surface area contributed by atoms with Crippen LogP contribution in [0.25, 0.3) is 0 Å². The summed E-state index contributed by atoms with van der Waals surface area (Å²) in [6.45, 7) is 6.83. The van der Waals surface area contributed by atoms with E-state index in [2.05, 4.69) is 24.2 Å². The molecule has 20 heavy (non-hydrogen) atoms. The molecular weight excluding hydrogens is 278 g/mol. The number of rotatable bonds is 8. The van der Waals surface area contributed by atoms with E-state index >= 15 is 0 Å². The van der Waals surface area contributed by atoms with E-state index in [1.807, 2.05) is 13.2 Å². The molecule has 0 aromatic carbocycles. The third-order valence-electron chi connectivity index (χ3n) is 3.27. The van der Waals surface area contributed by atoms with Crippen LogP contribution in [-0.2, 0) is 4.74 Å². The SMILES string of the molecule is CSC(=C[N+](=O)[O-])NC(C)CN(C)CC1COC(C)C1. The van der Waals surface area contributed by atoms with Gasteiger partial charge in [-0.15, -0.1) is 11.8 Å². The Bertz CT molecular complexity index is 352. The first kappa shape index (κ1) is 17.3. The minimum atomic E-state index is -0.424. The van der Waals surface area contributed by atoms with E-state index in [9.17, 15) is 10.1 Å². The van der Waals surface area contributed by atoms with Crippen LogP contribution in [0, 0.1) is 16.0 Å². The van der Waals surface area contributed by atoms with Crippen molar-refractivity contribution in [2.45, 2.75) is 32.4 Å². The molecule has 1 heterocycles. The summed E-state index contributed by atoms with van der Waals surface area (Å²) in [4.78, 5) is 12.3. The molecule has 1 saturated heterocycles. The summed E-state index contributed by atoms with van der Waals surface area (Å²) < 4.78 is 5.57. The number of nitrogens with zero attached hydrogens (tertiary/aromatic N) is 2. The first-order chi connectivity index (χ1) is 9.40. The zero-order valence-electron chi connectivity index (χ0n) is 12.7. The van der Waals surface area contributed by atoms with Crippen LogP contribution in [0.5, 0.6) is 0 Å². The smallest absolute Gasteiger partial charge is 0.263 e. The van der Waals surface area contributed by atoms with Gasteiger partial charge in [0.2, 0.25) is 0 Å². The lowest BCUT2D eigenvalue weighted by atomic mass is 10.1. The van der Waals surface area contributed by atoms with Gasteiger partial charge in [0.15, 0.2) is 0 Å². The number of hydrogen-bond donors (Lipinski definition) is 1. The van der Waals surface area contributed by atoms with Gasteiger partial charge in [0.1, 0.15) is 5.03 Å². The molecule has 116 valence electrons. The Labute approximate surface area is 125 Å². The number of ether oxygens (including phenoxy) is 1. The van der Waals surface area contributed by atoms with Crippen LogP contribution in [0.4, 0.5) is 0 Å². The molecule has 1 aliphatic rings. The fourth-order valence-electron chi connectivity index (χ4n) is 2.55. The first-order valence-corrected chi connectivity index (χ1v) is 8.09. The molecule has 7 heteroatoms. The quantitative estimate of drug-likeness (QED) is 0.544. The maximum Gasteiger partial charge on any atom is 0.263 e. The van der Waals surface area contributed by atoms with Crippen molar-refractivity contribution in [3.63, 3.8) is 0 Å². The summed E-state index contributed by atoms with van der Waals surface area (Å²) in [6, 6.07) is 0.165. The van der Waals surface area contributed by atoms with Crippen LogP contribution >= 0.6 is 11.8 Å². The van der Waals surface area contributed by atoms with Crippen molar-refractivity contribution in [3.8, 4) is 0 Å². The molecule has 6 nitrogen and oxygen atoms in total. The molecule has 0 aromatic heterocycles. The standard InChI is InChI=1S/C13H25N3O3S/c1-10(14-13(20-4)8-16(17)18)6-15(3)7-12-5-11(2)19-9-12/h8,10-12,14H,5-7,9H2,1-4H3. The van der Waals surface area contributed by atoms with Crippen molar-refractivity contribution in [1.29, 1.82) is 0 Å². The highest BCUT2D eigenvalue weighted by Crippen LogP contribution is 2.19. The van der Waals surface area contributed by atoms with E-state index in [-0.39, 0.29) is 6.04 Å². The third kappa shape index (κ3) is 6.58. The molecule has 3 atom stereocenters. The van der Waals surface area contributed by atoms with Crippen molar-refractivity contribution in [3.05, 3.63) is 21.3 Å². The van der Waals surface area contributed by atoms with Crippen molar-refractivity contribution in [2.24, 2.45) is 5.92 Å². The highest BCUT2D eigenvalue weighted by atomic mass is 32.2. The number of thioether (sulfide) groups is 1. The summed E-state index contributed by atoms with van der Waals surface area (Å²) >= 11 is 1.36. The highest BCUT2D eigenvalue weighted by molar-refractivity contribution is 8.02. The highest BCUT2D eigenvalue weighted by Gasteiger charge is 2.23. The summed E-state index contributed by atoms with van der Waals surface area (Å²) in [5.74, 6) is 0.594. The molecule has 1 N–H and O–H groups in total. The molecule has 0 radical (unpaired) electrons. The van der Waals surface area contributed by atoms with Crippen molar-refractivity contribution >= 4 is 11.8 Å². The molecular formula is C13H25N3O3S. The van der Waals surface area contributed by atoms with Gasteiger partial charge in [0.05, 0.1) is 17.6 Å². The molecule has 0 aliphatic carbocycles. The summed E-state index contributed by atoms with van der Waals surface area (Å²) in [6.07, 6.45) is 4.34. The van der Waals surface area contributed by atoms with Crippen molar-refractivity contribution < 1.29 is 9.66 Å². The lowest BCUT2D eigenvalue weighted by Gasteiger charge is -2.24. The lowest BCUT2D eigenvalue weighted by molar-refractivity contribution is -0.403. The Kier molecular flexibility index (Phi) is 7.32. The number of nitro groups is 1. The van der Waals surface area contributed by atoms with E-state index in [1.54, 1.807) is 0 Å². The maximum absolute atomic E-state index is 10.5. The zero-order valence-corrected chi connectivity index (χ0v) is 13.5. The number of nitrogens with one attached hydrogen (secondary N) is 1. The normalized spacial score (nSPS) is 24.9.